The van der Waals surface area contributed by atoms with Gasteiger partial charge in [0.15, 0.2) is 5.82 Å². The summed E-state index contributed by atoms with van der Waals surface area (Å²) >= 11 is 4.04. The number of aryl methyl sites for hydroxylation is 3. The summed E-state index contributed by atoms with van der Waals surface area (Å²) in [5.74, 6) is 0.720. The highest BCUT2D eigenvalue weighted by atomic mass is 32.6. The van der Waals surface area contributed by atoms with Crippen molar-refractivity contribution in [1.82, 2.24) is 15.0 Å². The first-order chi connectivity index (χ1) is 16.5. The summed E-state index contributed by atoms with van der Waals surface area (Å²) in [6.45, 7) is 6.64. The monoisotopic (exact) mass is 497 g/mol. The van der Waals surface area contributed by atoms with Crippen molar-refractivity contribution in [2.75, 3.05) is 12.5 Å². The van der Waals surface area contributed by atoms with Crippen molar-refractivity contribution in [3.8, 4) is 22.5 Å². The summed E-state index contributed by atoms with van der Waals surface area (Å²) in [4.78, 5) is 13.0. The van der Waals surface area contributed by atoms with Crippen molar-refractivity contribution in [3.63, 3.8) is 0 Å². The van der Waals surface area contributed by atoms with E-state index in [4.69, 9.17) is 0 Å². The van der Waals surface area contributed by atoms with Gasteiger partial charge in [-0.3, -0.25) is 0 Å². The fraction of sp³-hybridized carbons (Fsp3) is 0.179. The Bertz CT molecular complexity index is 1390. The van der Waals surface area contributed by atoms with Crippen LogP contribution in [0, 0.1) is 20.8 Å². The van der Waals surface area contributed by atoms with Crippen LogP contribution in [0.2, 0.25) is 0 Å². The zero-order chi connectivity index (χ0) is 23.9. The van der Waals surface area contributed by atoms with E-state index in [2.05, 4.69) is 109 Å². The molecule has 4 aromatic rings. The Kier molecular flexibility index (Phi) is 6.23. The van der Waals surface area contributed by atoms with Crippen LogP contribution in [0.5, 0.6) is 0 Å². The lowest BCUT2D eigenvalue weighted by atomic mass is 9.90. The molecule has 0 saturated heterocycles. The van der Waals surface area contributed by atoms with Gasteiger partial charge in [0, 0.05) is 5.56 Å². The Hall–Kier alpha value is -2.67. The SMILES string of the molecule is CS[Si]1(SC)c2cccc(-c3ncncn3)c2C=Cc2c(-c3c(C)cc(C)cc3C)cccc21. The van der Waals surface area contributed by atoms with E-state index in [1.165, 1.54) is 49.3 Å². The van der Waals surface area contributed by atoms with E-state index < -0.39 is 6.37 Å². The maximum Gasteiger partial charge on any atom is 0.240 e. The van der Waals surface area contributed by atoms with Crippen LogP contribution in [0.25, 0.3) is 34.7 Å². The van der Waals surface area contributed by atoms with Gasteiger partial charge in [0.25, 0.3) is 0 Å². The van der Waals surface area contributed by atoms with Crippen molar-refractivity contribution in [1.29, 1.82) is 0 Å². The van der Waals surface area contributed by atoms with Crippen LogP contribution >= 0.6 is 22.4 Å². The maximum absolute atomic E-state index is 4.48. The van der Waals surface area contributed by atoms with Gasteiger partial charge in [-0.1, -0.05) is 66.2 Å². The van der Waals surface area contributed by atoms with Gasteiger partial charge >= 0.3 is 0 Å². The van der Waals surface area contributed by atoms with Crippen molar-refractivity contribution in [3.05, 3.63) is 89.0 Å². The molecule has 0 unspecified atom stereocenters. The molecule has 0 fully saturated rings. The maximum atomic E-state index is 4.48. The molecule has 170 valence electrons. The van der Waals surface area contributed by atoms with Gasteiger partial charge in [0.05, 0.1) is 0 Å². The third-order valence-electron chi connectivity index (χ3n) is 6.59. The lowest BCUT2D eigenvalue weighted by Crippen LogP contribution is -2.54. The highest BCUT2D eigenvalue weighted by Crippen LogP contribution is 2.39. The fourth-order valence-electron chi connectivity index (χ4n) is 5.29. The second-order valence-electron chi connectivity index (χ2n) is 8.63. The summed E-state index contributed by atoms with van der Waals surface area (Å²) in [6.07, 6.45) is 10.1. The molecule has 0 N–H and O–H groups in total. The van der Waals surface area contributed by atoms with Crippen molar-refractivity contribution in [2.45, 2.75) is 20.8 Å². The molecule has 0 atom stereocenters. The Morgan fingerprint density at radius 1 is 0.706 bits per heavy atom. The molecule has 1 aliphatic rings. The summed E-state index contributed by atoms with van der Waals surface area (Å²) in [6, 6.07) is 18.1. The average Bonchev–Trinajstić information content (AvgIpc) is 2.99. The van der Waals surface area contributed by atoms with Crippen molar-refractivity contribution < 1.29 is 0 Å². The third-order valence-corrected chi connectivity index (χ3v) is 19.1. The van der Waals surface area contributed by atoms with E-state index in [-0.39, 0.29) is 0 Å². The minimum atomic E-state index is -2.20. The third kappa shape index (κ3) is 3.65. The van der Waals surface area contributed by atoms with Gasteiger partial charge in [-0.25, -0.2) is 15.0 Å². The molecule has 0 spiro atoms. The second-order valence-corrected chi connectivity index (χ2v) is 18.7. The van der Waals surface area contributed by atoms with Crippen LogP contribution < -0.4 is 10.4 Å². The molecule has 3 nitrogen and oxygen atoms in total. The first-order valence-electron chi connectivity index (χ1n) is 11.3. The quantitative estimate of drug-likeness (QED) is 0.328. The molecule has 0 radical (unpaired) electrons. The Morgan fingerprint density at radius 3 is 1.79 bits per heavy atom. The summed E-state index contributed by atoms with van der Waals surface area (Å²) in [5.41, 5.74) is 10.3. The minimum Gasteiger partial charge on any atom is -0.225 e. The van der Waals surface area contributed by atoms with Crippen LogP contribution in [0.15, 0.2) is 61.2 Å². The molecule has 0 saturated carbocycles. The highest BCUT2D eigenvalue weighted by Gasteiger charge is 2.42. The summed E-state index contributed by atoms with van der Waals surface area (Å²) < 4.78 is 0. The van der Waals surface area contributed by atoms with E-state index in [1.807, 2.05) is 22.4 Å². The molecule has 5 rings (SSSR count). The number of benzene rings is 3. The fourth-order valence-corrected chi connectivity index (χ4v) is 15.2. The van der Waals surface area contributed by atoms with Gasteiger partial charge in [-0.2, -0.15) is 22.4 Å². The molecule has 2 heterocycles. The zero-order valence-electron chi connectivity index (χ0n) is 20.1. The first kappa shape index (κ1) is 23.1. The lowest BCUT2D eigenvalue weighted by Gasteiger charge is -2.31. The van der Waals surface area contributed by atoms with E-state index in [0.717, 1.165) is 11.4 Å². The predicted octanol–water partition coefficient (Wildman–Crippen LogP) is 5.90. The van der Waals surface area contributed by atoms with Crippen LogP contribution in [-0.2, 0) is 0 Å². The van der Waals surface area contributed by atoms with Crippen LogP contribution in [0.3, 0.4) is 0 Å². The van der Waals surface area contributed by atoms with Gasteiger partial charge in [-0.15, -0.1) is 0 Å². The normalized spacial score (nSPS) is 13.8. The van der Waals surface area contributed by atoms with Crippen LogP contribution in [0.4, 0.5) is 0 Å². The van der Waals surface area contributed by atoms with Gasteiger partial charge in [0.1, 0.15) is 12.7 Å². The zero-order valence-corrected chi connectivity index (χ0v) is 22.7. The smallest absolute Gasteiger partial charge is 0.225 e. The summed E-state index contributed by atoms with van der Waals surface area (Å²) in [5, 5.41) is 2.88. The number of hydrogen-bond donors (Lipinski definition) is 0. The molecule has 0 bridgehead atoms. The van der Waals surface area contributed by atoms with Crippen LogP contribution in [0.1, 0.15) is 27.8 Å². The Labute approximate surface area is 210 Å². The number of rotatable bonds is 4. The van der Waals surface area contributed by atoms with Gasteiger partial charge in [-0.05, 0) is 77.0 Å². The standard InChI is InChI=1S/C28H27N3S2Si/c1-18-14-19(2)27(20(3)15-18)23-8-6-10-25-21(23)12-13-22-24(28-30-16-29-17-31-28)9-7-11-26(22)34(25,32-4)33-5/h6-17H,1-5H3. The largest absolute Gasteiger partial charge is 0.240 e. The molecule has 1 aliphatic heterocycles. The Morgan fingerprint density at radius 2 is 1.24 bits per heavy atom. The topological polar surface area (TPSA) is 38.7 Å². The lowest BCUT2D eigenvalue weighted by molar-refractivity contribution is 1.06. The van der Waals surface area contributed by atoms with Gasteiger partial charge < -0.3 is 0 Å². The Balaban J connectivity index is 1.84. The minimum absolute atomic E-state index is 0.720. The van der Waals surface area contributed by atoms with E-state index in [1.54, 1.807) is 12.7 Å². The van der Waals surface area contributed by atoms with E-state index in [0.29, 0.717) is 0 Å². The first-order valence-corrected chi connectivity index (χ1v) is 17.2. The number of hydrogen-bond acceptors (Lipinski definition) is 5. The number of aromatic nitrogens is 3. The van der Waals surface area contributed by atoms with E-state index in [9.17, 15) is 0 Å². The van der Waals surface area contributed by atoms with Gasteiger partial charge in [0.2, 0.25) is 6.37 Å². The molecule has 1 aromatic heterocycles. The van der Waals surface area contributed by atoms with Crippen molar-refractivity contribution >= 4 is 51.3 Å². The number of nitrogens with zero attached hydrogens (tertiary/aromatic N) is 3. The van der Waals surface area contributed by atoms with E-state index >= 15 is 0 Å². The summed E-state index contributed by atoms with van der Waals surface area (Å²) in [7, 11) is 0. The average molecular weight is 498 g/mol. The number of fused-ring (bicyclic) bond motifs is 2. The van der Waals surface area contributed by atoms with Crippen molar-refractivity contribution in [2.24, 2.45) is 0 Å². The van der Waals surface area contributed by atoms with Crippen LogP contribution in [-0.4, -0.2) is 33.8 Å². The highest BCUT2D eigenvalue weighted by molar-refractivity contribution is 8.60. The molecule has 6 heteroatoms. The second kappa shape index (κ2) is 9.17. The molecule has 34 heavy (non-hydrogen) atoms. The molecular formula is C28H27N3S2Si. The molecule has 3 aromatic carbocycles. The predicted molar refractivity (Wildman–Crippen MR) is 152 cm³/mol. The molecule has 0 aliphatic carbocycles. The molecular weight excluding hydrogens is 471 g/mol. The molecule has 0 amide bonds.